The summed E-state index contributed by atoms with van der Waals surface area (Å²) in [6.07, 6.45) is -5.35. The fraction of sp³-hybridized carbons (Fsp3) is 0.625. The van der Waals surface area contributed by atoms with Crippen molar-refractivity contribution in [3.63, 3.8) is 0 Å². The molecule has 0 saturated heterocycles. The Morgan fingerprint density at radius 3 is 2.10 bits per heavy atom. The average Bonchev–Trinajstić information content (AvgIpc) is 2.55. The van der Waals surface area contributed by atoms with E-state index in [9.17, 15) is 35.2 Å². The minimum Gasteiger partial charge on any atom is -0.367 e. The van der Waals surface area contributed by atoms with E-state index in [1.165, 1.54) is 5.43 Å². The summed E-state index contributed by atoms with van der Waals surface area (Å²) < 4.78 is 87.8. The van der Waals surface area contributed by atoms with Crippen molar-refractivity contribution < 1.29 is 35.2 Å². The molecule has 0 fully saturated rings. The van der Waals surface area contributed by atoms with Crippen LogP contribution in [0.2, 0.25) is 0 Å². The first kappa shape index (κ1) is 16.6. The Labute approximate surface area is 110 Å². The lowest BCUT2D eigenvalue weighted by atomic mass is 9.90. The van der Waals surface area contributed by atoms with Crippen LogP contribution < -0.4 is 11.2 Å². The van der Waals surface area contributed by atoms with E-state index in [1.54, 1.807) is 0 Å². The molecule has 0 saturated carbocycles. The van der Waals surface area contributed by atoms with Gasteiger partial charge in [-0.1, -0.05) is 0 Å². The summed E-state index contributed by atoms with van der Waals surface area (Å²) in [5.74, 6) is -7.90. The van der Waals surface area contributed by atoms with E-state index >= 15 is 0 Å². The molecule has 6 nitrogen and oxygen atoms in total. The van der Waals surface area contributed by atoms with Crippen LogP contribution in [0.25, 0.3) is 0 Å². The van der Waals surface area contributed by atoms with Crippen LogP contribution in [0.1, 0.15) is 0 Å². The molecule has 20 heavy (non-hydrogen) atoms. The number of primary amides is 1. The Kier molecular flexibility index (Phi) is 3.56. The first-order chi connectivity index (χ1) is 8.68. The number of nitrogens with zero attached hydrogens (tertiary/aromatic N) is 1. The third-order valence-corrected chi connectivity index (χ3v) is 3.83. The number of halogens is 5. The van der Waals surface area contributed by atoms with Gasteiger partial charge in [-0.3, -0.25) is 4.79 Å². The summed E-state index contributed by atoms with van der Waals surface area (Å²) in [6.45, 7) is 0. The van der Waals surface area contributed by atoms with Gasteiger partial charge in [-0.2, -0.15) is 22.0 Å². The standard InChI is InChI=1S/C8H10F5N3O3S/c1-16-3-4(20(2,18)19)6(15-16,5(14)17)7(9,10)8(11,12)13/h3,15H,1-2H3,(H2,14,17). The van der Waals surface area contributed by atoms with Crippen LogP contribution in [-0.2, 0) is 14.6 Å². The number of rotatable bonds is 3. The van der Waals surface area contributed by atoms with Gasteiger partial charge < -0.3 is 10.7 Å². The van der Waals surface area contributed by atoms with Crippen LogP contribution in [0.4, 0.5) is 22.0 Å². The Morgan fingerprint density at radius 1 is 1.35 bits per heavy atom. The zero-order valence-electron chi connectivity index (χ0n) is 10.1. The lowest BCUT2D eigenvalue weighted by molar-refractivity contribution is -0.302. The summed E-state index contributed by atoms with van der Waals surface area (Å²) in [6, 6.07) is 0. The van der Waals surface area contributed by atoms with Crippen molar-refractivity contribution in [2.75, 3.05) is 13.3 Å². The Morgan fingerprint density at radius 2 is 1.80 bits per heavy atom. The third kappa shape index (κ3) is 2.12. The molecular weight excluding hydrogens is 313 g/mol. The minimum absolute atomic E-state index is 0.393. The molecule has 12 heteroatoms. The van der Waals surface area contributed by atoms with Crippen LogP contribution in [0.5, 0.6) is 0 Å². The summed E-state index contributed by atoms with van der Waals surface area (Å²) in [7, 11) is -3.61. The molecular formula is C8H10F5N3O3S. The SMILES string of the molecule is CN1C=C(S(C)(=O)=O)C(C(N)=O)(C(F)(F)C(F)(F)F)N1. The number of sulfone groups is 1. The van der Waals surface area contributed by atoms with Gasteiger partial charge in [0.05, 0.1) is 4.91 Å². The summed E-state index contributed by atoms with van der Waals surface area (Å²) in [5.41, 5.74) is 2.22. The van der Waals surface area contributed by atoms with E-state index in [2.05, 4.69) is 5.73 Å². The normalized spacial score (nSPS) is 24.8. The summed E-state index contributed by atoms with van der Waals surface area (Å²) in [4.78, 5) is 9.81. The van der Waals surface area contributed by atoms with Crippen LogP contribution in [0, 0.1) is 0 Å². The molecule has 0 aromatic rings. The molecule has 0 radical (unpaired) electrons. The molecule has 3 N–H and O–H groups in total. The quantitative estimate of drug-likeness (QED) is 0.699. The monoisotopic (exact) mass is 323 g/mol. The number of hydrogen-bond donors (Lipinski definition) is 2. The van der Waals surface area contributed by atoms with Gasteiger partial charge in [0.15, 0.2) is 9.84 Å². The third-order valence-electron chi connectivity index (χ3n) is 2.62. The number of amides is 1. The van der Waals surface area contributed by atoms with E-state index < -0.39 is 38.3 Å². The zero-order chi connectivity index (χ0) is 16.1. The van der Waals surface area contributed by atoms with Crippen molar-refractivity contribution in [1.29, 1.82) is 0 Å². The highest BCUT2D eigenvalue weighted by Gasteiger charge is 2.77. The molecule has 1 aliphatic rings. The molecule has 1 rings (SSSR count). The van der Waals surface area contributed by atoms with Crippen molar-refractivity contribution in [2.24, 2.45) is 5.73 Å². The maximum Gasteiger partial charge on any atom is 0.456 e. The second-order valence-corrected chi connectivity index (χ2v) is 6.16. The highest BCUT2D eigenvalue weighted by molar-refractivity contribution is 7.94. The Hall–Kier alpha value is -1.43. The lowest BCUT2D eigenvalue weighted by Gasteiger charge is -2.37. The van der Waals surface area contributed by atoms with Gasteiger partial charge in [-0.25, -0.2) is 13.8 Å². The fourth-order valence-corrected chi connectivity index (χ4v) is 2.95. The molecule has 1 amide bonds. The van der Waals surface area contributed by atoms with E-state index in [0.717, 1.165) is 7.05 Å². The molecule has 1 unspecified atom stereocenters. The van der Waals surface area contributed by atoms with E-state index in [-0.39, 0.29) is 0 Å². The number of carbonyl (C=O) groups is 1. The number of carbonyl (C=O) groups excluding carboxylic acids is 1. The van der Waals surface area contributed by atoms with Gasteiger partial charge in [-0.05, 0) is 0 Å². The van der Waals surface area contributed by atoms with Crippen molar-refractivity contribution in [1.82, 2.24) is 10.4 Å². The number of nitrogens with two attached hydrogens (primary N) is 1. The maximum absolute atomic E-state index is 13.7. The first-order valence-electron chi connectivity index (χ1n) is 4.85. The molecule has 0 aromatic carbocycles. The number of hydrazine groups is 1. The Bertz CT molecular complexity index is 570. The first-order valence-corrected chi connectivity index (χ1v) is 6.74. The van der Waals surface area contributed by atoms with E-state index in [0.29, 0.717) is 17.5 Å². The number of alkyl halides is 5. The van der Waals surface area contributed by atoms with Crippen molar-refractivity contribution in [2.45, 2.75) is 17.6 Å². The molecule has 0 aromatic heterocycles. The maximum atomic E-state index is 13.7. The summed E-state index contributed by atoms with van der Waals surface area (Å²) >= 11 is 0. The number of nitrogens with one attached hydrogen (secondary N) is 1. The van der Waals surface area contributed by atoms with Crippen LogP contribution in [0.15, 0.2) is 11.1 Å². The van der Waals surface area contributed by atoms with Crippen LogP contribution in [-0.4, -0.2) is 50.3 Å². The fourth-order valence-electron chi connectivity index (χ4n) is 1.77. The van der Waals surface area contributed by atoms with Gasteiger partial charge in [-0.15, -0.1) is 0 Å². The van der Waals surface area contributed by atoms with Crippen molar-refractivity contribution in [3.8, 4) is 0 Å². The second kappa shape index (κ2) is 4.28. The molecule has 116 valence electrons. The summed E-state index contributed by atoms with van der Waals surface area (Å²) in [5, 5.41) is 0.501. The highest BCUT2D eigenvalue weighted by atomic mass is 32.2. The lowest BCUT2D eigenvalue weighted by Crippen LogP contribution is -2.71. The van der Waals surface area contributed by atoms with Gasteiger partial charge >= 0.3 is 12.1 Å². The molecule has 1 atom stereocenters. The van der Waals surface area contributed by atoms with Crippen molar-refractivity contribution >= 4 is 15.7 Å². The predicted molar refractivity (Wildman–Crippen MR) is 56.8 cm³/mol. The van der Waals surface area contributed by atoms with Gasteiger partial charge in [0.1, 0.15) is 0 Å². The van der Waals surface area contributed by atoms with Gasteiger partial charge in [0.25, 0.3) is 5.91 Å². The molecule has 0 aliphatic carbocycles. The van der Waals surface area contributed by atoms with Gasteiger partial charge in [0.2, 0.25) is 5.54 Å². The van der Waals surface area contributed by atoms with Crippen LogP contribution in [0.3, 0.4) is 0 Å². The topological polar surface area (TPSA) is 92.5 Å². The molecule has 1 heterocycles. The molecule has 0 spiro atoms. The van der Waals surface area contributed by atoms with Gasteiger partial charge in [0, 0.05) is 19.5 Å². The molecule has 1 aliphatic heterocycles. The smallest absolute Gasteiger partial charge is 0.367 e. The van der Waals surface area contributed by atoms with Crippen LogP contribution >= 0.6 is 0 Å². The zero-order valence-corrected chi connectivity index (χ0v) is 10.9. The minimum atomic E-state index is -6.19. The Balaban J connectivity index is 3.70. The van der Waals surface area contributed by atoms with E-state index in [4.69, 9.17) is 0 Å². The molecule has 0 bridgehead atoms. The average molecular weight is 323 g/mol. The van der Waals surface area contributed by atoms with Crippen molar-refractivity contribution in [3.05, 3.63) is 11.1 Å². The second-order valence-electron chi connectivity index (χ2n) is 4.17. The predicted octanol–water partition coefficient (Wildman–Crippen LogP) is -0.256. The van der Waals surface area contributed by atoms with E-state index in [1.807, 2.05) is 0 Å². The largest absolute Gasteiger partial charge is 0.456 e. The number of hydrogen-bond acceptors (Lipinski definition) is 5. The highest BCUT2D eigenvalue weighted by Crippen LogP contribution is 2.49.